The van der Waals surface area contributed by atoms with Crippen LogP contribution < -0.4 is 11.1 Å². The second kappa shape index (κ2) is 6.26. The van der Waals surface area contributed by atoms with Gasteiger partial charge in [-0.15, -0.1) is 0 Å². The standard InChI is InChI=1S/C11H20F3N3O/c1-2-3-16-9-4-8(5-11(12,13)14)6-17(7-9)10(15)18/h8-9,16H,2-7H2,1H3,(H2,15,18). The molecule has 106 valence electrons. The van der Waals surface area contributed by atoms with E-state index in [9.17, 15) is 18.0 Å². The number of alkyl halides is 3. The van der Waals surface area contributed by atoms with Gasteiger partial charge in [0.05, 0.1) is 0 Å². The Morgan fingerprint density at radius 1 is 1.44 bits per heavy atom. The molecule has 1 aliphatic rings. The van der Waals surface area contributed by atoms with E-state index in [0.717, 1.165) is 13.0 Å². The number of urea groups is 1. The van der Waals surface area contributed by atoms with Crippen molar-refractivity contribution < 1.29 is 18.0 Å². The largest absolute Gasteiger partial charge is 0.389 e. The number of amides is 2. The van der Waals surface area contributed by atoms with Gasteiger partial charge in [-0.3, -0.25) is 0 Å². The van der Waals surface area contributed by atoms with Crippen LogP contribution >= 0.6 is 0 Å². The summed E-state index contributed by atoms with van der Waals surface area (Å²) in [5.41, 5.74) is 5.16. The van der Waals surface area contributed by atoms with E-state index in [1.807, 2.05) is 6.92 Å². The average Bonchev–Trinajstić information content (AvgIpc) is 2.23. The lowest BCUT2D eigenvalue weighted by Gasteiger charge is -2.37. The summed E-state index contributed by atoms with van der Waals surface area (Å²) in [5.74, 6) is -0.569. The fraction of sp³-hybridized carbons (Fsp3) is 0.909. The van der Waals surface area contributed by atoms with Gasteiger partial charge in [0.15, 0.2) is 0 Å². The maximum Gasteiger partial charge on any atom is 0.389 e. The van der Waals surface area contributed by atoms with Crippen LogP contribution in [-0.4, -0.2) is 42.8 Å². The first-order valence-electron chi connectivity index (χ1n) is 6.16. The first kappa shape index (κ1) is 15.1. The molecule has 0 bridgehead atoms. The Hall–Kier alpha value is -0.980. The summed E-state index contributed by atoms with van der Waals surface area (Å²) in [6.45, 7) is 3.20. The predicted molar refractivity (Wildman–Crippen MR) is 62.0 cm³/mol. The maximum absolute atomic E-state index is 12.4. The number of nitrogens with zero attached hydrogens (tertiary/aromatic N) is 1. The molecule has 0 radical (unpaired) electrons. The summed E-state index contributed by atoms with van der Waals surface area (Å²) in [6, 6.07) is -0.747. The Morgan fingerprint density at radius 3 is 2.61 bits per heavy atom. The highest BCUT2D eigenvalue weighted by atomic mass is 19.4. The Kier molecular flexibility index (Phi) is 5.25. The van der Waals surface area contributed by atoms with Crippen molar-refractivity contribution in [3.63, 3.8) is 0 Å². The van der Waals surface area contributed by atoms with Crippen molar-refractivity contribution in [1.82, 2.24) is 10.2 Å². The second-order valence-corrected chi connectivity index (χ2v) is 4.82. The SMILES string of the molecule is CCCNC1CC(CC(F)(F)F)CN(C(N)=O)C1. The molecule has 2 unspecified atom stereocenters. The van der Waals surface area contributed by atoms with Crippen LogP contribution in [0.2, 0.25) is 0 Å². The molecule has 0 aromatic carbocycles. The van der Waals surface area contributed by atoms with Gasteiger partial charge in [0, 0.05) is 25.6 Å². The van der Waals surface area contributed by atoms with E-state index in [2.05, 4.69) is 5.32 Å². The summed E-state index contributed by atoms with van der Waals surface area (Å²) < 4.78 is 37.2. The minimum atomic E-state index is -4.19. The molecule has 1 heterocycles. The number of nitrogens with two attached hydrogens (primary N) is 1. The van der Waals surface area contributed by atoms with E-state index in [4.69, 9.17) is 5.73 Å². The zero-order valence-electron chi connectivity index (χ0n) is 10.5. The Bertz CT molecular complexity index is 283. The highest BCUT2D eigenvalue weighted by Crippen LogP contribution is 2.30. The highest BCUT2D eigenvalue weighted by Gasteiger charge is 2.37. The minimum absolute atomic E-state index is 0.0964. The van der Waals surface area contributed by atoms with Crippen LogP contribution in [0, 0.1) is 5.92 Å². The number of piperidine rings is 1. The van der Waals surface area contributed by atoms with Crippen molar-refractivity contribution in [2.45, 2.75) is 38.4 Å². The van der Waals surface area contributed by atoms with Gasteiger partial charge in [0.2, 0.25) is 0 Å². The quantitative estimate of drug-likeness (QED) is 0.814. The van der Waals surface area contributed by atoms with E-state index < -0.39 is 24.5 Å². The number of carbonyl (C=O) groups is 1. The molecule has 0 spiro atoms. The number of hydrogen-bond donors (Lipinski definition) is 2. The van der Waals surface area contributed by atoms with Crippen LogP contribution in [0.5, 0.6) is 0 Å². The average molecular weight is 267 g/mol. The molecule has 18 heavy (non-hydrogen) atoms. The smallest absolute Gasteiger partial charge is 0.351 e. The van der Waals surface area contributed by atoms with Crippen molar-refractivity contribution >= 4 is 6.03 Å². The van der Waals surface area contributed by atoms with E-state index >= 15 is 0 Å². The van der Waals surface area contributed by atoms with Gasteiger partial charge in [0.1, 0.15) is 0 Å². The molecule has 0 aliphatic carbocycles. The van der Waals surface area contributed by atoms with Gasteiger partial charge in [-0.2, -0.15) is 13.2 Å². The van der Waals surface area contributed by atoms with Crippen molar-refractivity contribution in [2.75, 3.05) is 19.6 Å². The lowest BCUT2D eigenvalue weighted by atomic mass is 9.91. The first-order chi connectivity index (χ1) is 8.31. The lowest BCUT2D eigenvalue weighted by Crippen LogP contribution is -2.53. The number of likely N-dealkylation sites (tertiary alicyclic amines) is 1. The Labute approximate surface area is 105 Å². The molecule has 1 saturated heterocycles. The normalized spacial score (nSPS) is 25.2. The molecule has 0 saturated carbocycles. The molecule has 2 amide bonds. The molecule has 1 rings (SSSR count). The zero-order valence-corrected chi connectivity index (χ0v) is 10.5. The molecule has 0 aromatic heterocycles. The summed E-state index contributed by atoms with van der Waals surface area (Å²) in [6.07, 6.45) is -3.72. The van der Waals surface area contributed by atoms with E-state index in [-0.39, 0.29) is 12.6 Å². The fourth-order valence-electron chi connectivity index (χ4n) is 2.36. The topological polar surface area (TPSA) is 58.4 Å². The molecule has 4 nitrogen and oxygen atoms in total. The lowest BCUT2D eigenvalue weighted by molar-refractivity contribution is -0.148. The fourth-order valence-corrected chi connectivity index (χ4v) is 2.36. The van der Waals surface area contributed by atoms with Crippen LogP contribution in [0.1, 0.15) is 26.2 Å². The van der Waals surface area contributed by atoms with Crippen LogP contribution in [0.15, 0.2) is 0 Å². The number of carbonyl (C=O) groups excluding carboxylic acids is 1. The third-order valence-electron chi connectivity index (χ3n) is 3.05. The third kappa shape index (κ3) is 5.12. The first-order valence-corrected chi connectivity index (χ1v) is 6.16. The molecular formula is C11H20F3N3O. The van der Waals surface area contributed by atoms with Gasteiger partial charge < -0.3 is 16.0 Å². The number of primary amides is 1. The third-order valence-corrected chi connectivity index (χ3v) is 3.05. The number of hydrogen-bond acceptors (Lipinski definition) is 2. The van der Waals surface area contributed by atoms with Crippen molar-refractivity contribution in [3.8, 4) is 0 Å². The van der Waals surface area contributed by atoms with Crippen LogP contribution in [0.3, 0.4) is 0 Å². The van der Waals surface area contributed by atoms with Gasteiger partial charge in [-0.05, 0) is 25.3 Å². The second-order valence-electron chi connectivity index (χ2n) is 4.82. The van der Waals surface area contributed by atoms with Crippen molar-refractivity contribution in [3.05, 3.63) is 0 Å². The van der Waals surface area contributed by atoms with Gasteiger partial charge in [-0.25, -0.2) is 4.79 Å². The van der Waals surface area contributed by atoms with Crippen molar-refractivity contribution in [2.24, 2.45) is 11.7 Å². The predicted octanol–water partition coefficient (Wildman–Crippen LogP) is 1.71. The molecule has 0 aromatic rings. The summed E-state index contributed by atoms with van der Waals surface area (Å²) in [4.78, 5) is 12.4. The van der Waals surface area contributed by atoms with E-state index in [1.165, 1.54) is 4.90 Å². The highest BCUT2D eigenvalue weighted by molar-refractivity contribution is 5.72. The van der Waals surface area contributed by atoms with E-state index in [0.29, 0.717) is 13.0 Å². The molecule has 1 aliphatic heterocycles. The number of halogens is 3. The van der Waals surface area contributed by atoms with Gasteiger partial charge >= 0.3 is 12.2 Å². The molecule has 3 N–H and O–H groups in total. The molecule has 2 atom stereocenters. The summed E-state index contributed by atoms with van der Waals surface area (Å²) in [5, 5.41) is 3.16. The van der Waals surface area contributed by atoms with Crippen LogP contribution in [0.4, 0.5) is 18.0 Å². The van der Waals surface area contributed by atoms with Crippen LogP contribution in [0.25, 0.3) is 0 Å². The van der Waals surface area contributed by atoms with Crippen LogP contribution in [-0.2, 0) is 0 Å². The number of nitrogens with one attached hydrogen (secondary N) is 1. The zero-order chi connectivity index (χ0) is 13.8. The molecule has 1 fully saturated rings. The van der Waals surface area contributed by atoms with E-state index in [1.54, 1.807) is 0 Å². The molecular weight excluding hydrogens is 247 g/mol. The summed E-state index contributed by atoms with van der Waals surface area (Å²) in [7, 11) is 0. The maximum atomic E-state index is 12.4. The van der Waals surface area contributed by atoms with Gasteiger partial charge in [-0.1, -0.05) is 6.92 Å². The Balaban J connectivity index is 2.59. The molecule has 7 heteroatoms. The summed E-state index contributed by atoms with van der Waals surface area (Å²) >= 11 is 0. The van der Waals surface area contributed by atoms with Gasteiger partial charge in [0.25, 0.3) is 0 Å². The number of rotatable bonds is 4. The monoisotopic (exact) mass is 267 g/mol. The Morgan fingerprint density at radius 2 is 2.11 bits per heavy atom. The van der Waals surface area contributed by atoms with Crippen molar-refractivity contribution in [1.29, 1.82) is 0 Å². The minimum Gasteiger partial charge on any atom is -0.351 e.